The van der Waals surface area contributed by atoms with Crippen molar-refractivity contribution < 1.29 is 32.6 Å². The molecular formula is C20H16F2N2O5. The van der Waals surface area contributed by atoms with Gasteiger partial charge in [0.25, 0.3) is 0 Å². The number of rotatable bonds is 6. The van der Waals surface area contributed by atoms with Gasteiger partial charge in [0.1, 0.15) is 17.2 Å². The van der Waals surface area contributed by atoms with Crippen LogP contribution in [0.5, 0.6) is 5.75 Å². The Morgan fingerprint density at radius 1 is 1.24 bits per heavy atom. The van der Waals surface area contributed by atoms with Crippen molar-refractivity contribution in [1.82, 2.24) is 4.98 Å². The van der Waals surface area contributed by atoms with Crippen molar-refractivity contribution in [2.45, 2.75) is 12.8 Å². The van der Waals surface area contributed by atoms with Crippen LogP contribution >= 0.6 is 0 Å². The molecule has 3 rings (SSSR count). The zero-order valence-corrected chi connectivity index (χ0v) is 15.2. The van der Waals surface area contributed by atoms with Crippen LogP contribution in [0.1, 0.15) is 22.7 Å². The average Bonchev–Trinajstić information content (AvgIpc) is 3.16. The van der Waals surface area contributed by atoms with Gasteiger partial charge in [0, 0.05) is 18.9 Å². The number of para-hydroxylation sites is 1. The van der Waals surface area contributed by atoms with Crippen molar-refractivity contribution in [3.8, 4) is 17.1 Å². The molecule has 0 aliphatic heterocycles. The number of hydrogen-bond acceptors (Lipinski definition) is 6. The summed E-state index contributed by atoms with van der Waals surface area (Å²) in [7, 11) is 1.18. The average molecular weight is 402 g/mol. The molecule has 29 heavy (non-hydrogen) atoms. The lowest BCUT2D eigenvalue weighted by atomic mass is 10.1. The normalized spacial score (nSPS) is 10.6. The molecule has 150 valence electrons. The summed E-state index contributed by atoms with van der Waals surface area (Å²) in [6, 6.07) is 7.35. The smallest absolute Gasteiger partial charge is 0.341 e. The van der Waals surface area contributed by atoms with E-state index >= 15 is 0 Å². The first-order valence-corrected chi connectivity index (χ1v) is 8.49. The minimum atomic E-state index is -0.786. The second-order valence-electron chi connectivity index (χ2n) is 5.98. The van der Waals surface area contributed by atoms with E-state index < -0.39 is 29.3 Å². The number of hydrogen-bond donors (Lipinski definition) is 2. The summed E-state index contributed by atoms with van der Waals surface area (Å²) in [4.78, 5) is 27.7. The van der Waals surface area contributed by atoms with Gasteiger partial charge in [-0.15, -0.1) is 0 Å². The number of aromatic nitrogens is 1. The maximum Gasteiger partial charge on any atom is 0.341 e. The largest absolute Gasteiger partial charge is 0.505 e. The third-order valence-electron chi connectivity index (χ3n) is 4.03. The number of carbonyl (C=O) groups is 2. The van der Waals surface area contributed by atoms with Crippen LogP contribution in [0.2, 0.25) is 0 Å². The number of halogens is 2. The molecule has 3 aromatic rings. The number of amides is 1. The number of nitrogens with zero attached hydrogens (tertiary/aromatic N) is 1. The van der Waals surface area contributed by atoms with Gasteiger partial charge in [-0.25, -0.2) is 18.6 Å². The quantitative estimate of drug-likeness (QED) is 0.482. The van der Waals surface area contributed by atoms with Gasteiger partial charge >= 0.3 is 5.97 Å². The number of ether oxygens (including phenoxy) is 1. The summed E-state index contributed by atoms with van der Waals surface area (Å²) < 4.78 is 36.8. The van der Waals surface area contributed by atoms with E-state index in [1.807, 2.05) is 0 Å². The summed E-state index contributed by atoms with van der Waals surface area (Å²) in [6.45, 7) is 0. The predicted molar refractivity (Wildman–Crippen MR) is 98.3 cm³/mol. The third kappa shape index (κ3) is 4.57. The zero-order chi connectivity index (χ0) is 21.0. The second kappa shape index (κ2) is 8.51. The number of esters is 1. The zero-order valence-electron chi connectivity index (χ0n) is 15.2. The lowest BCUT2D eigenvalue weighted by Crippen LogP contribution is -2.13. The van der Waals surface area contributed by atoms with E-state index in [-0.39, 0.29) is 41.3 Å². The topological polar surface area (TPSA) is 102 Å². The number of aryl methyl sites for hydroxylation is 1. The number of carbonyl (C=O) groups excluding carboxylic acids is 2. The van der Waals surface area contributed by atoms with Crippen LogP contribution in [0.3, 0.4) is 0 Å². The summed E-state index contributed by atoms with van der Waals surface area (Å²) in [6.07, 6.45) is 1.34. The molecule has 0 radical (unpaired) electrons. The summed E-state index contributed by atoms with van der Waals surface area (Å²) in [5.74, 6) is -2.80. The fourth-order valence-corrected chi connectivity index (χ4v) is 2.59. The lowest BCUT2D eigenvalue weighted by Gasteiger charge is -2.09. The molecule has 0 spiro atoms. The van der Waals surface area contributed by atoms with E-state index in [0.29, 0.717) is 0 Å². The molecule has 0 aliphatic carbocycles. The highest BCUT2D eigenvalue weighted by atomic mass is 19.1. The molecule has 0 saturated heterocycles. The number of anilines is 1. The number of aromatic hydroxyl groups is 1. The van der Waals surface area contributed by atoms with E-state index in [9.17, 15) is 23.5 Å². The van der Waals surface area contributed by atoms with Gasteiger partial charge < -0.3 is 19.6 Å². The number of phenols is 1. The first kappa shape index (κ1) is 20.0. The van der Waals surface area contributed by atoms with Gasteiger partial charge in [-0.2, -0.15) is 0 Å². The Hall–Kier alpha value is -3.75. The predicted octanol–water partition coefficient (Wildman–Crippen LogP) is 3.68. The molecule has 2 N–H and O–H groups in total. The molecule has 0 aliphatic rings. The minimum Gasteiger partial charge on any atom is -0.505 e. The molecule has 7 nitrogen and oxygen atoms in total. The van der Waals surface area contributed by atoms with Gasteiger partial charge in [0.2, 0.25) is 5.91 Å². The Labute approximate surface area is 163 Å². The molecule has 0 atom stereocenters. The van der Waals surface area contributed by atoms with E-state index in [1.54, 1.807) is 0 Å². The fraction of sp³-hybridized carbons (Fsp3) is 0.150. The molecule has 0 bridgehead atoms. The Morgan fingerprint density at radius 3 is 2.76 bits per heavy atom. The molecule has 2 aromatic carbocycles. The van der Waals surface area contributed by atoms with Gasteiger partial charge in [-0.1, -0.05) is 6.07 Å². The van der Waals surface area contributed by atoms with Gasteiger partial charge in [-0.05, 0) is 24.3 Å². The second-order valence-corrected chi connectivity index (χ2v) is 5.98. The number of oxazole rings is 1. The van der Waals surface area contributed by atoms with E-state index in [2.05, 4.69) is 15.0 Å². The van der Waals surface area contributed by atoms with Crippen molar-refractivity contribution in [2.75, 3.05) is 12.4 Å². The summed E-state index contributed by atoms with van der Waals surface area (Å²) >= 11 is 0. The Morgan fingerprint density at radius 2 is 2.03 bits per heavy atom. The van der Waals surface area contributed by atoms with E-state index in [1.165, 1.54) is 37.6 Å². The summed E-state index contributed by atoms with van der Waals surface area (Å²) in [5, 5.41) is 12.6. The number of methoxy groups -OCH3 is 1. The van der Waals surface area contributed by atoms with Crippen LogP contribution in [0.25, 0.3) is 11.3 Å². The van der Waals surface area contributed by atoms with Crippen LogP contribution in [0.15, 0.2) is 47.0 Å². The number of phenolic OH excluding ortho intramolecular Hbond substituents is 1. The molecule has 1 amide bonds. The van der Waals surface area contributed by atoms with Crippen molar-refractivity contribution in [3.05, 3.63) is 65.7 Å². The highest BCUT2D eigenvalue weighted by Gasteiger charge is 2.17. The van der Waals surface area contributed by atoms with Gasteiger partial charge in [0.15, 0.2) is 17.4 Å². The van der Waals surface area contributed by atoms with Crippen molar-refractivity contribution in [2.24, 2.45) is 0 Å². The van der Waals surface area contributed by atoms with Crippen molar-refractivity contribution in [3.63, 3.8) is 0 Å². The van der Waals surface area contributed by atoms with Crippen LogP contribution in [0, 0.1) is 11.6 Å². The van der Waals surface area contributed by atoms with Crippen LogP contribution in [-0.4, -0.2) is 29.1 Å². The molecule has 9 heteroatoms. The maximum atomic E-state index is 13.8. The first-order chi connectivity index (χ1) is 13.9. The Bertz CT molecular complexity index is 1060. The fourth-order valence-electron chi connectivity index (χ4n) is 2.59. The van der Waals surface area contributed by atoms with Crippen LogP contribution < -0.4 is 5.32 Å². The minimum absolute atomic E-state index is 0.0479. The molecule has 1 heterocycles. The standard InChI is InChI=1S/C20H16F2N2O5/c1-28-20(27)13-3-2-4-15(19(13)26)24-17(25)7-8-18-23-10-16(29-18)12-6-5-11(21)9-14(12)22/h2-6,9-10,26H,7-8H2,1H3,(H,24,25). The lowest BCUT2D eigenvalue weighted by molar-refractivity contribution is -0.116. The number of benzene rings is 2. The molecule has 0 unspecified atom stereocenters. The van der Waals surface area contributed by atoms with Crippen molar-refractivity contribution in [1.29, 1.82) is 0 Å². The highest BCUT2D eigenvalue weighted by molar-refractivity contribution is 5.98. The van der Waals surface area contributed by atoms with Gasteiger partial charge in [-0.3, -0.25) is 4.79 Å². The molecule has 0 fully saturated rings. The molecule has 1 aromatic heterocycles. The van der Waals surface area contributed by atoms with Crippen molar-refractivity contribution >= 4 is 17.6 Å². The highest BCUT2D eigenvalue weighted by Crippen LogP contribution is 2.28. The maximum absolute atomic E-state index is 13.8. The Balaban J connectivity index is 1.63. The van der Waals surface area contributed by atoms with E-state index in [4.69, 9.17) is 4.42 Å². The number of nitrogens with one attached hydrogen (secondary N) is 1. The monoisotopic (exact) mass is 402 g/mol. The third-order valence-corrected chi connectivity index (χ3v) is 4.03. The van der Waals surface area contributed by atoms with Crippen LogP contribution in [0.4, 0.5) is 14.5 Å². The Kier molecular flexibility index (Phi) is 5.87. The van der Waals surface area contributed by atoms with Gasteiger partial charge in [0.05, 0.1) is 24.6 Å². The molecular weight excluding hydrogens is 386 g/mol. The van der Waals surface area contributed by atoms with E-state index in [0.717, 1.165) is 12.1 Å². The SMILES string of the molecule is COC(=O)c1cccc(NC(=O)CCc2ncc(-c3ccc(F)cc3F)o2)c1O. The van der Waals surface area contributed by atoms with Crippen LogP contribution in [-0.2, 0) is 16.0 Å². The summed E-state index contributed by atoms with van der Waals surface area (Å²) in [5.41, 5.74) is 0.0301. The first-order valence-electron chi connectivity index (χ1n) is 8.49. The molecule has 0 saturated carbocycles.